The lowest BCUT2D eigenvalue weighted by atomic mass is 10.1. The van der Waals surface area contributed by atoms with Crippen LogP contribution in [0.2, 0.25) is 0 Å². The van der Waals surface area contributed by atoms with Gasteiger partial charge in [0.05, 0.1) is 42.8 Å². The molecule has 13 nitrogen and oxygen atoms in total. The van der Waals surface area contributed by atoms with E-state index < -0.39 is 34.6 Å². The molecule has 0 aromatic heterocycles. The van der Waals surface area contributed by atoms with Gasteiger partial charge in [0.2, 0.25) is 0 Å². The average molecular weight is 471 g/mol. The van der Waals surface area contributed by atoms with Gasteiger partial charge in [-0.3, -0.25) is 24.8 Å². The summed E-state index contributed by atoms with van der Waals surface area (Å²) in [5.74, 6) is -0.671. The summed E-state index contributed by atoms with van der Waals surface area (Å²) in [4.78, 5) is 21.1. The molecule has 0 saturated carbocycles. The molecule has 0 aliphatic heterocycles. The Balaban J connectivity index is 2.78. The van der Waals surface area contributed by atoms with Gasteiger partial charge in [-0.15, -0.1) is 0 Å². The minimum atomic E-state index is -4.03. The molecule has 0 aliphatic rings. The second-order valence-corrected chi connectivity index (χ2v) is 8.44. The zero-order chi connectivity index (χ0) is 24.1. The fourth-order valence-corrected chi connectivity index (χ4v) is 4.39. The number of benzene rings is 2. The maximum absolute atomic E-state index is 13.5. The molecule has 174 valence electrons. The van der Waals surface area contributed by atoms with Gasteiger partial charge >= 0.3 is 7.60 Å². The van der Waals surface area contributed by atoms with Gasteiger partial charge in [-0.2, -0.15) is 0 Å². The molecule has 0 saturated heterocycles. The molecule has 14 heteroatoms. The van der Waals surface area contributed by atoms with Crippen molar-refractivity contribution in [3.8, 4) is 17.2 Å². The van der Waals surface area contributed by atoms with E-state index in [1.54, 1.807) is 0 Å². The summed E-state index contributed by atoms with van der Waals surface area (Å²) in [5.41, 5.74) is -1.11. The highest BCUT2D eigenvalue weighted by molar-refractivity contribution is 7.54. The lowest BCUT2D eigenvalue weighted by Gasteiger charge is -2.28. The van der Waals surface area contributed by atoms with Crippen LogP contribution in [0.1, 0.15) is 11.3 Å². The molecule has 0 aliphatic carbocycles. The molecule has 1 N–H and O–H groups in total. The maximum atomic E-state index is 13.5. The van der Waals surface area contributed by atoms with E-state index in [0.717, 1.165) is 32.4 Å². The van der Waals surface area contributed by atoms with Gasteiger partial charge in [0.15, 0.2) is 5.78 Å². The Morgan fingerprint density at radius 2 is 1.44 bits per heavy atom. The fourth-order valence-electron chi connectivity index (χ4n) is 2.95. The average Bonchev–Trinajstić information content (AvgIpc) is 2.80. The zero-order valence-corrected chi connectivity index (χ0v) is 18.8. The van der Waals surface area contributed by atoms with Crippen LogP contribution in [0.15, 0.2) is 30.3 Å². The first-order valence-corrected chi connectivity index (χ1v) is 10.5. The van der Waals surface area contributed by atoms with Crippen molar-refractivity contribution in [2.45, 2.75) is 5.78 Å². The first-order chi connectivity index (χ1) is 15.1. The highest BCUT2D eigenvalue weighted by Crippen LogP contribution is 2.63. The summed E-state index contributed by atoms with van der Waals surface area (Å²) < 4.78 is 39.8. The second kappa shape index (κ2) is 10.3. The molecular weight excluding hydrogens is 449 g/mol. The highest BCUT2D eigenvalue weighted by atomic mass is 31.2. The molecule has 2 aromatic rings. The normalized spacial score (nSPS) is 12.0. The van der Waals surface area contributed by atoms with Crippen molar-refractivity contribution in [1.29, 1.82) is 0 Å². The molecule has 32 heavy (non-hydrogen) atoms. The summed E-state index contributed by atoms with van der Waals surface area (Å²) in [5, 5.41) is 25.4. The number of nitro benzene ring substituents is 2. The van der Waals surface area contributed by atoms with Gasteiger partial charge < -0.3 is 28.6 Å². The summed E-state index contributed by atoms with van der Waals surface area (Å²) in [7, 11) is 2.40. The largest absolute Gasteiger partial charge is 0.496 e. The molecule has 0 heterocycles. The quantitative estimate of drug-likeness (QED) is 0.285. The third-order valence-electron chi connectivity index (χ3n) is 4.53. The van der Waals surface area contributed by atoms with Gasteiger partial charge in [0.25, 0.3) is 11.4 Å². The molecule has 2 aromatic carbocycles. The van der Waals surface area contributed by atoms with Crippen molar-refractivity contribution in [2.75, 3.05) is 40.9 Å². The molecule has 0 amide bonds. The van der Waals surface area contributed by atoms with Crippen molar-refractivity contribution in [2.24, 2.45) is 0 Å². The molecule has 0 spiro atoms. The Kier molecular flexibility index (Phi) is 7.97. The number of anilines is 1. The van der Waals surface area contributed by atoms with Gasteiger partial charge in [0.1, 0.15) is 22.9 Å². The van der Waals surface area contributed by atoms with E-state index in [4.69, 9.17) is 23.3 Å². The highest BCUT2D eigenvalue weighted by Gasteiger charge is 2.41. The summed E-state index contributed by atoms with van der Waals surface area (Å²) in [6.07, 6.45) is 0. The van der Waals surface area contributed by atoms with E-state index in [1.165, 1.54) is 33.5 Å². The van der Waals surface area contributed by atoms with Crippen molar-refractivity contribution >= 4 is 24.7 Å². The maximum Gasteiger partial charge on any atom is 0.357 e. The molecule has 0 fully saturated rings. The summed E-state index contributed by atoms with van der Waals surface area (Å²) in [6.45, 7) is 0. The van der Waals surface area contributed by atoms with Crippen molar-refractivity contribution in [3.05, 3.63) is 56.1 Å². The number of nitrogens with one attached hydrogen (secondary N) is 1. The molecule has 1 atom stereocenters. The van der Waals surface area contributed by atoms with E-state index in [-0.39, 0.29) is 22.7 Å². The van der Waals surface area contributed by atoms with Crippen molar-refractivity contribution in [1.82, 2.24) is 0 Å². The van der Waals surface area contributed by atoms with E-state index in [0.29, 0.717) is 5.75 Å². The minimum absolute atomic E-state index is 0.162. The van der Waals surface area contributed by atoms with Crippen LogP contribution in [0.3, 0.4) is 0 Å². The third-order valence-corrected chi connectivity index (χ3v) is 6.57. The van der Waals surface area contributed by atoms with Crippen LogP contribution in [0, 0.1) is 20.2 Å². The Morgan fingerprint density at radius 1 is 0.875 bits per heavy atom. The molecule has 1 unspecified atom stereocenters. The number of rotatable bonds is 11. The Bertz CT molecular complexity index is 1030. The SMILES string of the molecule is COc1cc(OC)c(C(Nc2ccc([N+](=O)[O-])cc2[N+](=O)[O-])P(=O)(OC)OC)c(OC)c1. The van der Waals surface area contributed by atoms with Crippen LogP contribution >= 0.6 is 7.60 Å². The first-order valence-electron chi connectivity index (χ1n) is 8.86. The van der Waals surface area contributed by atoms with Gasteiger partial charge in [-0.1, -0.05) is 0 Å². The minimum Gasteiger partial charge on any atom is -0.496 e. The second-order valence-electron chi connectivity index (χ2n) is 6.11. The zero-order valence-electron chi connectivity index (χ0n) is 17.9. The summed E-state index contributed by atoms with van der Waals surface area (Å²) in [6, 6.07) is 5.96. The van der Waals surface area contributed by atoms with E-state index >= 15 is 0 Å². The number of hydrogen-bond acceptors (Lipinski definition) is 11. The number of nitro groups is 2. The Hall–Kier alpha value is -3.41. The monoisotopic (exact) mass is 471 g/mol. The van der Waals surface area contributed by atoms with E-state index in [2.05, 4.69) is 5.32 Å². The van der Waals surface area contributed by atoms with Crippen LogP contribution in [0.4, 0.5) is 17.1 Å². The third kappa shape index (κ3) is 4.90. The van der Waals surface area contributed by atoms with Crippen LogP contribution in [-0.4, -0.2) is 45.4 Å². The predicted octanol–water partition coefficient (Wildman–Crippen LogP) is 4.13. The standard InChI is InChI=1S/C18H22N3O10P/c1-27-12-9-15(28-2)17(16(10-12)29-3)18(32(26,30-4)31-5)19-13-7-6-11(20(22)23)8-14(13)21(24)25/h6-10,18-19H,1-5H3. The number of non-ortho nitro benzene ring substituents is 1. The van der Waals surface area contributed by atoms with E-state index in [9.17, 15) is 24.8 Å². The van der Waals surface area contributed by atoms with Gasteiger partial charge in [0, 0.05) is 32.4 Å². The van der Waals surface area contributed by atoms with Crippen LogP contribution < -0.4 is 19.5 Å². The number of ether oxygens (including phenoxy) is 3. The van der Waals surface area contributed by atoms with Gasteiger partial charge in [-0.25, -0.2) is 0 Å². The lowest BCUT2D eigenvalue weighted by Crippen LogP contribution is -2.17. The smallest absolute Gasteiger partial charge is 0.357 e. The molecule has 0 bridgehead atoms. The van der Waals surface area contributed by atoms with Gasteiger partial charge in [-0.05, 0) is 6.07 Å². The Labute approximate surface area is 183 Å². The first kappa shape index (κ1) is 24.9. The lowest BCUT2D eigenvalue weighted by molar-refractivity contribution is -0.393. The van der Waals surface area contributed by atoms with Crippen LogP contribution in [0.5, 0.6) is 17.2 Å². The van der Waals surface area contributed by atoms with Crippen molar-refractivity contribution < 1.29 is 37.7 Å². The van der Waals surface area contributed by atoms with Crippen LogP contribution in [0.25, 0.3) is 0 Å². The van der Waals surface area contributed by atoms with Crippen LogP contribution in [-0.2, 0) is 13.6 Å². The number of hydrogen-bond donors (Lipinski definition) is 1. The number of methoxy groups -OCH3 is 3. The van der Waals surface area contributed by atoms with E-state index in [1.807, 2.05) is 0 Å². The number of nitrogens with zero attached hydrogens (tertiary/aromatic N) is 2. The fraction of sp³-hybridized carbons (Fsp3) is 0.333. The molecule has 0 radical (unpaired) electrons. The predicted molar refractivity (Wildman–Crippen MR) is 114 cm³/mol. The van der Waals surface area contributed by atoms with Crippen molar-refractivity contribution in [3.63, 3.8) is 0 Å². The summed E-state index contributed by atoms with van der Waals surface area (Å²) >= 11 is 0. The Morgan fingerprint density at radius 3 is 1.84 bits per heavy atom. The molecular formula is C18H22N3O10P. The topological polar surface area (TPSA) is 162 Å². The molecule has 2 rings (SSSR count).